The lowest BCUT2D eigenvalue weighted by atomic mass is 9.81. The molecule has 0 saturated carbocycles. The van der Waals surface area contributed by atoms with Gasteiger partial charge in [0.2, 0.25) is 5.88 Å². The van der Waals surface area contributed by atoms with Crippen molar-refractivity contribution in [2.45, 2.75) is 45.4 Å². The van der Waals surface area contributed by atoms with E-state index in [1.807, 2.05) is 0 Å². The molecule has 0 fully saturated rings. The molecule has 0 aliphatic carbocycles. The first-order valence-electron chi connectivity index (χ1n) is 6.69. The van der Waals surface area contributed by atoms with Crippen molar-refractivity contribution in [3.63, 3.8) is 0 Å². The first-order chi connectivity index (χ1) is 8.75. The summed E-state index contributed by atoms with van der Waals surface area (Å²) in [7, 11) is -1.53. The third-order valence-electron chi connectivity index (χ3n) is 2.82. The number of hydrogen-bond acceptors (Lipinski definition) is 4. The van der Waals surface area contributed by atoms with E-state index in [2.05, 4.69) is 11.9 Å². The quantitative estimate of drug-likeness (QED) is 0.515. The third-order valence-corrected chi connectivity index (χ3v) is 2.82. The summed E-state index contributed by atoms with van der Waals surface area (Å²) in [6, 6.07) is 3.26. The van der Waals surface area contributed by atoms with E-state index in [1.165, 1.54) is 25.7 Å². The summed E-state index contributed by atoms with van der Waals surface area (Å²) < 4.78 is 5.47. The standard InChI is InChI=1S/C13H22BNO3/c1-2-3-4-5-6-7-11-18-13-12(14(16)17)9-8-10-15-13/h8-10,16-17H,2-7,11H2,1H3. The highest BCUT2D eigenvalue weighted by atomic mass is 16.5. The molecule has 0 aliphatic rings. The summed E-state index contributed by atoms with van der Waals surface area (Å²) in [6.45, 7) is 2.77. The van der Waals surface area contributed by atoms with Crippen LogP contribution in [0.15, 0.2) is 18.3 Å². The Kier molecular flexibility index (Phi) is 7.45. The largest absolute Gasteiger partial charge is 0.494 e. The maximum Gasteiger partial charge on any atom is 0.494 e. The van der Waals surface area contributed by atoms with Crippen LogP contribution >= 0.6 is 0 Å². The van der Waals surface area contributed by atoms with Crippen LogP contribution in [0.1, 0.15) is 45.4 Å². The Morgan fingerprint density at radius 3 is 2.61 bits per heavy atom. The molecule has 0 unspecified atom stereocenters. The van der Waals surface area contributed by atoms with Crippen LogP contribution in [0.5, 0.6) is 5.88 Å². The van der Waals surface area contributed by atoms with Crippen molar-refractivity contribution in [2.75, 3.05) is 6.61 Å². The summed E-state index contributed by atoms with van der Waals surface area (Å²) >= 11 is 0. The summed E-state index contributed by atoms with van der Waals surface area (Å²) in [5, 5.41) is 18.3. The molecule has 0 radical (unpaired) electrons. The van der Waals surface area contributed by atoms with E-state index < -0.39 is 7.12 Å². The van der Waals surface area contributed by atoms with E-state index in [-0.39, 0.29) is 0 Å². The highest BCUT2D eigenvalue weighted by Gasteiger charge is 2.17. The summed E-state index contributed by atoms with van der Waals surface area (Å²) in [6.07, 6.45) is 8.76. The minimum atomic E-state index is -1.53. The summed E-state index contributed by atoms with van der Waals surface area (Å²) in [4.78, 5) is 4.00. The van der Waals surface area contributed by atoms with Crippen LogP contribution in [0.2, 0.25) is 0 Å². The van der Waals surface area contributed by atoms with Gasteiger partial charge in [-0.2, -0.15) is 0 Å². The minimum Gasteiger partial charge on any atom is -0.478 e. The van der Waals surface area contributed by atoms with E-state index in [0.29, 0.717) is 17.9 Å². The van der Waals surface area contributed by atoms with Gasteiger partial charge < -0.3 is 14.8 Å². The summed E-state index contributed by atoms with van der Waals surface area (Å²) in [5.74, 6) is 0.320. The van der Waals surface area contributed by atoms with E-state index in [4.69, 9.17) is 14.8 Å². The second kappa shape index (κ2) is 8.94. The van der Waals surface area contributed by atoms with E-state index in [1.54, 1.807) is 18.3 Å². The highest BCUT2D eigenvalue weighted by molar-refractivity contribution is 6.59. The maximum atomic E-state index is 9.14. The Bertz CT molecular complexity index is 334. The van der Waals surface area contributed by atoms with E-state index in [0.717, 1.165) is 12.8 Å². The highest BCUT2D eigenvalue weighted by Crippen LogP contribution is 2.07. The van der Waals surface area contributed by atoms with Crippen molar-refractivity contribution < 1.29 is 14.8 Å². The van der Waals surface area contributed by atoms with Crippen molar-refractivity contribution in [1.29, 1.82) is 0 Å². The van der Waals surface area contributed by atoms with Crippen LogP contribution in [0, 0.1) is 0 Å². The molecule has 0 aliphatic heterocycles. The van der Waals surface area contributed by atoms with Crippen molar-refractivity contribution in [3.8, 4) is 5.88 Å². The lowest BCUT2D eigenvalue weighted by molar-refractivity contribution is 0.294. The smallest absolute Gasteiger partial charge is 0.478 e. The van der Waals surface area contributed by atoms with Gasteiger partial charge in [-0.15, -0.1) is 0 Å². The zero-order chi connectivity index (χ0) is 13.2. The number of pyridine rings is 1. The number of aromatic nitrogens is 1. The number of rotatable bonds is 9. The summed E-state index contributed by atoms with van der Waals surface area (Å²) in [5.41, 5.74) is 0.323. The fraction of sp³-hybridized carbons (Fsp3) is 0.615. The molecule has 2 N–H and O–H groups in total. The van der Waals surface area contributed by atoms with Gasteiger partial charge in [0.1, 0.15) is 0 Å². The molecule has 0 saturated heterocycles. The van der Waals surface area contributed by atoms with Crippen LogP contribution < -0.4 is 10.2 Å². The lowest BCUT2D eigenvalue weighted by Crippen LogP contribution is -2.32. The normalized spacial score (nSPS) is 10.4. The topological polar surface area (TPSA) is 62.6 Å². The van der Waals surface area contributed by atoms with Crippen LogP contribution in [0.4, 0.5) is 0 Å². The number of ether oxygens (including phenoxy) is 1. The molecule has 0 aromatic carbocycles. The van der Waals surface area contributed by atoms with Crippen LogP contribution in [0.25, 0.3) is 0 Å². The van der Waals surface area contributed by atoms with Gasteiger partial charge in [-0.05, 0) is 12.5 Å². The molecule has 0 atom stereocenters. The van der Waals surface area contributed by atoms with Crippen LogP contribution in [-0.4, -0.2) is 28.8 Å². The molecule has 4 nitrogen and oxygen atoms in total. The fourth-order valence-corrected chi connectivity index (χ4v) is 1.77. The molecule has 1 heterocycles. The van der Waals surface area contributed by atoms with Gasteiger partial charge in [0, 0.05) is 11.7 Å². The average Bonchev–Trinajstić information content (AvgIpc) is 2.38. The molecular weight excluding hydrogens is 229 g/mol. The maximum absolute atomic E-state index is 9.14. The van der Waals surface area contributed by atoms with E-state index in [9.17, 15) is 0 Å². The van der Waals surface area contributed by atoms with Gasteiger partial charge in [0.05, 0.1) is 6.61 Å². The Morgan fingerprint density at radius 2 is 1.89 bits per heavy atom. The predicted octanol–water partition coefficient (Wildman–Crippen LogP) is 1.50. The SMILES string of the molecule is CCCCCCCCOc1ncccc1B(O)O. The zero-order valence-corrected chi connectivity index (χ0v) is 11.0. The lowest BCUT2D eigenvalue weighted by Gasteiger charge is -2.09. The van der Waals surface area contributed by atoms with Gasteiger partial charge in [-0.25, -0.2) is 4.98 Å². The molecule has 1 aromatic rings. The number of nitrogens with zero attached hydrogens (tertiary/aromatic N) is 1. The first-order valence-corrected chi connectivity index (χ1v) is 6.69. The Hall–Kier alpha value is -1.07. The molecule has 0 amide bonds. The van der Waals surface area contributed by atoms with Gasteiger partial charge >= 0.3 is 7.12 Å². The molecule has 0 spiro atoms. The molecule has 100 valence electrons. The minimum absolute atomic E-state index is 0.320. The molecule has 1 aromatic heterocycles. The Balaban J connectivity index is 2.23. The van der Waals surface area contributed by atoms with Crippen molar-refractivity contribution in [3.05, 3.63) is 18.3 Å². The molecule has 18 heavy (non-hydrogen) atoms. The Labute approximate surface area is 109 Å². The van der Waals surface area contributed by atoms with Crippen LogP contribution in [0.3, 0.4) is 0 Å². The second-order valence-corrected chi connectivity index (χ2v) is 4.39. The van der Waals surface area contributed by atoms with Crippen molar-refractivity contribution >= 4 is 12.6 Å². The zero-order valence-electron chi connectivity index (χ0n) is 11.0. The second-order valence-electron chi connectivity index (χ2n) is 4.39. The van der Waals surface area contributed by atoms with Crippen molar-refractivity contribution in [1.82, 2.24) is 4.98 Å². The van der Waals surface area contributed by atoms with Gasteiger partial charge in [0.15, 0.2) is 0 Å². The van der Waals surface area contributed by atoms with Crippen LogP contribution in [-0.2, 0) is 0 Å². The van der Waals surface area contributed by atoms with E-state index >= 15 is 0 Å². The third kappa shape index (κ3) is 5.51. The fourth-order valence-electron chi connectivity index (χ4n) is 1.77. The molecule has 5 heteroatoms. The van der Waals surface area contributed by atoms with Gasteiger partial charge in [-0.3, -0.25) is 0 Å². The monoisotopic (exact) mass is 251 g/mol. The molecule has 1 rings (SSSR count). The molecular formula is C13H22BNO3. The van der Waals surface area contributed by atoms with Gasteiger partial charge in [-0.1, -0.05) is 45.1 Å². The molecule has 0 bridgehead atoms. The Morgan fingerprint density at radius 1 is 1.17 bits per heavy atom. The number of hydrogen-bond donors (Lipinski definition) is 2. The number of unbranched alkanes of at least 4 members (excludes halogenated alkanes) is 5. The first kappa shape index (κ1) is 15.0. The average molecular weight is 251 g/mol. The van der Waals surface area contributed by atoms with Crippen molar-refractivity contribution in [2.24, 2.45) is 0 Å². The van der Waals surface area contributed by atoms with Gasteiger partial charge in [0.25, 0.3) is 0 Å². The predicted molar refractivity (Wildman–Crippen MR) is 72.9 cm³/mol.